The molecule has 5 nitrogen and oxygen atoms in total. The van der Waals surface area contributed by atoms with Gasteiger partial charge in [-0.1, -0.05) is 39.7 Å². The number of hydrogen-bond acceptors (Lipinski definition) is 4. The summed E-state index contributed by atoms with van der Waals surface area (Å²) in [6.45, 7) is 2.00. The Morgan fingerprint density at radius 2 is 2.04 bits per heavy atom. The highest BCUT2D eigenvalue weighted by Gasteiger charge is 2.12. The molecule has 7 heteroatoms. The van der Waals surface area contributed by atoms with E-state index in [0.717, 1.165) is 26.3 Å². The van der Waals surface area contributed by atoms with Gasteiger partial charge in [0.15, 0.2) is 5.76 Å². The Bertz CT molecular complexity index is 1220. The minimum atomic E-state index is -0.445. The molecule has 0 aliphatic carbocycles. The molecule has 2 aromatic heterocycles. The second kappa shape index (κ2) is 7.13. The van der Waals surface area contributed by atoms with Crippen molar-refractivity contribution >= 4 is 61.5 Å². The van der Waals surface area contributed by atoms with Gasteiger partial charge in [0, 0.05) is 20.8 Å². The molecule has 0 spiro atoms. The van der Waals surface area contributed by atoms with Gasteiger partial charge in [0.1, 0.15) is 10.7 Å². The fraction of sp³-hybridized carbons (Fsp3) is 0.0500. The molecule has 1 amide bonds. The van der Waals surface area contributed by atoms with Gasteiger partial charge >= 0.3 is 5.91 Å². The summed E-state index contributed by atoms with van der Waals surface area (Å²) >= 11 is 9.61. The smallest absolute Gasteiger partial charge is 0.307 e. The Morgan fingerprint density at radius 3 is 2.89 bits per heavy atom. The van der Waals surface area contributed by atoms with E-state index in [0.29, 0.717) is 16.3 Å². The average Bonchev–Trinajstić information content (AvgIpc) is 3.05. The molecule has 0 atom stereocenters. The van der Waals surface area contributed by atoms with Crippen molar-refractivity contribution < 1.29 is 9.21 Å². The Kier molecular flexibility index (Phi) is 4.68. The van der Waals surface area contributed by atoms with E-state index in [1.165, 1.54) is 6.21 Å². The molecule has 1 N–H and O–H groups in total. The molecule has 0 saturated carbocycles. The first kappa shape index (κ1) is 17.7. The predicted octanol–water partition coefficient (Wildman–Crippen LogP) is 5.47. The Labute approximate surface area is 168 Å². The second-order valence-corrected chi connectivity index (χ2v) is 7.33. The number of halogens is 2. The van der Waals surface area contributed by atoms with Crippen molar-refractivity contribution in [3.8, 4) is 0 Å². The summed E-state index contributed by atoms with van der Waals surface area (Å²) in [5.41, 5.74) is 5.61. The van der Waals surface area contributed by atoms with Crippen LogP contribution in [-0.4, -0.2) is 17.1 Å². The first-order chi connectivity index (χ1) is 13.0. The maximum Gasteiger partial charge on any atom is 0.307 e. The van der Waals surface area contributed by atoms with Crippen molar-refractivity contribution in [2.75, 3.05) is 0 Å². The number of nitrogens with zero attached hydrogens (tertiary/aromatic N) is 2. The molecule has 0 bridgehead atoms. The van der Waals surface area contributed by atoms with Gasteiger partial charge in [0.25, 0.3) is 0 Å². The van der Waals surface area contributed by atoms with Crippen molar-refractivity contribution in [1.82, 2.24) is 10.4 Å². The standard InChI is InChI=1S/C20H13BrClN3O2/c1-11-2-3-12-7-14(19(22)24-16(12)6-11)10-23-25-20(26)18-9-13-8-15(21)4-5-17(13)27-18/h2-10H,1H3,(H,25,26)/b23-10-. The van der Waals surface area contributed by atoms with Crippen LogP contribution in [0.15, 0.2) is 62.5 Å². The number of hydrogen-bond donors (Lipinski definition) is 1. The van der Waals surface area contributed by atoms with Gasteiger partial charge in [-0.3, -0.25) is 4.79 Å². The summed E-state index contributed by atoms with van der Waals surface area (Å²) in [6.07, 6.45) is 1.46. The fourth-order valence-electron chi connectivity index (χ4n) is 2.70. The van der Waals surface area contributed by atoms with Gasteiger partial charge in [-0.05, 0) is 48.9 Å². The van der Waals surface area contributed by atoms with Gasteiger partial charge in [0.2, 0.25) is 0 Å². The van der Waals surface area contributed by atoms with Gasteiger partial charge < -0.3 is 4.42 Å². The van der Waals surface area contributed by atoms with Crippen molar-refractivity contribution in [3.05, 3.63) is 75.0 Å². The largest absolute Gasteiger partial charge is 0.451 e. The van der Waals surface area contributed by atoms with Gasteiger partial charge in [-0.25, -0.2) is 10.4 Å². The zero-order valence-electron chi connectivity index (χ0n) is 14.2. The minimum absolute atomic E-state index is 0.179. The van der Waals surface area contributed by atoms with Crippen LogP contribution in [0.5, 0.6) is 0 Å². The van der Waals surface area contributed by atoms with Crippen LogP contribution in [0.1, 0.15) is 21.7 Å². The molecule has 0 unspecified atom stereocenters. The van der Waals surface area contributed by atoms with Crippen LogP contribution in [0, 0.1) is 6.92 Å². The number of nitrogens with one attached hydrogen (secondary N) is 1. The van der Waals surface area contributed by atoms with E-state index in [4.69, 9.17) is 16.0 Å². The topological polar surface area (TPSA) is 67.5 Å². The summed E-state index contributed by atoms with van der Waals surface area (Å²) in [4.78, 5) is 16.6. The second-order valence-electron chi connectivity index (χ2n) is 6.06. The summed E-state index contributed by atoms with van der Waals surface area (Å²) in [7, 11) is 0. The van der Waals surface area contributed by atoms with Gasteiger partial charge in [-0.15, -0.1) is 0 Å². The van der Waals surface area contributed by atoms with E-state index in [1.54, 1.807) is 12.1 Å². The van der Waals surface area contributed by atoms with Crippen LogP contribution in [0.25, 0.3) is 21.9 Å². The number of furan rings is 1. The number of carbonyl (C=O) groups is 1. The third-order valence-corrected chi connectivity index (χ3v) is 4.82. The number of hydrazone groups is 1. The van der Waals surface area contributed by atoms with Gasteiger partial charge in [-0.2, -0.15) is 5.10 Å². The third kappa shape index (κ3) is 3.72. The molecular formula is C20H13BrClN3O2. The summed E-state index contributed by atoms with van der Waals surface area (Å²) in [5, 5.41) is 6.07. The Balaban J connectivity index is 1.54. The Hall–Kier alpha value is -2.70. The molecule has 0 fully saturated rings. The SMILES string of the molecule is Cc1ccc2cc(/C=N\NC(=O)c3cc4cc(Br)ccc4o3)c(Cl)nc2c1. The lowest BCUT2D eigenvalue weighted by molar-refractivity contribution is 0.0929. The highest BCUT2D eigenvalue weighted by atomic mass is 79.9. The first-order valence-corrected chi connectivity index (χ1v) is 9.26. The number of amides is 1. The predicted molar refractivity (Wildman–Crippen MR) is 110 cm³/mol. The number of carbonyl (C=O) groups excluding carboxylic acids is 1. The van der Waals surface area contributed by atoms with E-state index >= 15 is 0 Å². The molecule has 134 valence electrons. The molecule has 2 aromatic carbocycles. The number of aryl methyl sites for hydroxylation is 1. The third-order valence-electron chi connectivity index (χ3n) is 4.03. The molecule has 0 radical (unpaired) electrons. The van der Waals surface area contributed by atoms with Crippen molar-refractivity contribution in [2.24, 2.45) is 5.10 Å². The quantitative estimate of drug-likeness (QED) is 0.260. The molecule has 27 heavy (non-hydrogen) atoms. The van der Waals surface area contributed by atoms with Crippen molar-refractivity contribution in [2.45, 2.75) is 6.92 Å². The van der Waals surface area contributed by atoms with Crippen molar-refractivity contribution in [1.29, 1.82) is 0 Å². The molecule has 0 aliphatic heterocycles. The number of pyridine rings is 1. The van der Waals surface area contributed by atoms with Gasteiger partial charge in [0.05, 0.1) is 11.7 Å². The highest BCUT2D eigenvalue weighted by Crippen LogP contribution is 2.23. The summed E-state index contributed by atoms with van der Waals surface area (Å²) in [5.74, 6) is -0.266. The van der Waals surface area contributed by atoms with E-state index in [2.05, 4.69) is 31.4 Å². The fourth-order valence-corrected chi connectivity index (χ4v) is 3.28. The van der Waals surface area contributed by atoms with Crippen molar-refractivity contribution in [3.63, 3.8) is 0 Å². The lowest BCUT2D eigenvalue weighted by atomic mass is 10.1. The molecule has 4 rings (SSSR count). The number of rotatable bonds is 3. The molecule has 0 saturated heterocycles. The minimum Gasteiger partial charge on any atom is -0.451 e. The molecule has 0 aliphatic rings. The maximum atomic E-state index is 12.2. The monoisotopic (exact) mass is 441 g/mol. The van der Waals surface area contributed by atoms with E-state index < -0.39 is 5.91 Å². The lowest BCUT2D eigenvalue weighted by Crippen LogP contribution is -2.16. The summed E-state index contributed by atoms with van der Waals surface area (Å²) in [6, 6.07) is 15.0. The van der Waals surface area contributed by atoms with E-state index in [9.17, 15) is 4.79 Å². The zero-order valence-corrected chi connectivity index (χ0v) is 16.5. The first-order valence-electron chi connectivity index (χ1n) is 8.09. The number of fused-ring (bicyclic) bond motifs is 2. The average molecular weight is 443 g/mol. The van der Waals surface area contributed by atoms with Crippen LogP contribution in [-0.2, 0) is 0 Å². The Morgan fingerprint density at radius 1 is 1.19 bits per heavy atom. The highest BCUT2D eigenvalue weighted by molar-refractivity contribution is 9.10. The summed E-state index contributed by atoms with van der Waals surface area (Å²) < 4.78 is 6.45. The van der Waals surface area contributed by atoms with E-state index in [-0.39, 0.29) is 5.76 Å². The van der Waals surface area contributed by atoms with Crippen LogP contribution < -0.4 is 5.43 Å². The van der Waals surface area contributed by atoms with Crippen LogP contribution in [0.3, 0.4) is 0 Å². The van der Waals surface area contributed by atoms with Crippen LogP contribution >= 0.6 is 27.5 Å². The maximum absolute atomic E-state index is 12.2. The number of aromatic nitrogens is 1. The molecular weight excluding hydrogens is 430 g/mol. The normalized spacial score (nSPS) is 11.5. The van der Waals surface area contributed by atoms with Crippen LogP contribution in [0.4, 0.5) is 0 Å². The van der Waals surface area contributed by atoms with Crippen LogP contribution in [0.2, 0.25) is 5.15 Å². The molecule has 2 heterocycles. The zero-order chi connectivity index (χ0) is 19.0. The number of benzene rings is 2. The lowest BCUT2D eigenvalue weighted by Gasteiger charge is -2.03. The van der Waals surface area contributed by atoms with E-state index in [1.807, 2.05) is 43.3 Å². The molecule has 4 aromatic rings.